The van der Waals surface area contributed by atoms with E-state index in [1.807, 2.05) is 0 Å². The Morgan fingerprint density at radius 2 is 1.64 bits per heavy atom. The number of benzene rings is 1. The molecule has 7 heteroatoms. The summed E-state index contributed by atoms with van der Waals surface area (Å²) in [6.07, 6.45) is 3.09. The highest BCUT2D eigenvalue weighted by Gasteiger charge is 2.16. The summed E-state index contributed by atoms with van der Waals surface area (Å²) in [7, 11) is 0. The molecule has 5 nitrogen and oxygen atoms in total. The third-order valence-corrected chi connectivity index (χ3v) is 3.49. The maximum Gasteiger partial charge on any atom is 0.238 e. The van der Waals surface area contributed by atoms with Gasteiger partial charge in [0.15, 0.2) is 0 Å². The van der Waals surface area contributed by atoms with Crippen LogP contribution in [0, 0.1) is 11.6 Å². The second-order valence-corrected chi connectivity index (χ2v) is 5.48. The summed E-state index contributed by atoms with van der Waals surface area (Å²) < 4.78 is 37.5. The normalized spacial score (nSPS) is 11.0. The molecule has 0 atom stereocenters. The van der Waals surface area contributed by atoms with Gasteiger partial charge in [0.1, 0.15) is 23.2 Å². The third kappa shape index (κ3) is 4.77. The standard InChI is InChI=1S/C18H16F2N2O3/c19-13-5-6-16(20)17(9-13)21-18(23)12-22(10-14-3-1-7-24-14)11-15-4-2-8-25-15/h1-9H,10-12H2,(H,21,23). The molecule has 0 aliphatic heterocycles. The van der Waals surface area contributed by atoms with Crippen LogP contribution >= 0.6 is 0 Å². The lowest BCUT2D eigenvalue weighted by molar-refractivity contribution is -0.117. The van der Waals surface area contributed by atoms with Crippen molar-refractivity contribution in [2.75, 3.05) is 11.9 Å². The summed E-state index contributed by atoms with van der Waals surface area (Å²) >= 11 is 0. The van der Waals surface area contributed by atoms with Crippen molar-refractivity contribution in [1.82, 2.24) is 4.90 Å². The van der Waals surface area contributed by atoms with Crippen molar-refractivity contribution in [2.45, 2.75) is 13.1 Å². The van der Waals surface area contributed by atoms with Crippen LogP contribution in [0.4, 0.5) is 14.5 Å². The fourth-order valence-electron chi connectivity index (χ4n) is 2.40. The number of nitrogens with zero attached hydrogens (tertiary/aromatic N) is 1. The fourth-order valence-corrected chi connectivity index (χ4v) is 2.40. The first-order chi connectivity index (χ1) is 12.1. The summed E-state index contributed by atoms with van der Waals surface area (Å²) in [5.74, 6) is -0.437. The first-order valence-electron chi connectivity index (χ1n) is 7.62. The van der Waals surface area contributed by atoms with Gasteiger partial charge in [-0.15, -0.1) is 0 Å². The maximum atomic E-state index is 13.7. The highest BCUT2D eigenvalue weighted by atomic mass is 19.1. The molecule has 0 saturated heterocycles. The summed E-state index contributed by atoms with van der Waals surface area (Å²) in [4.78, 5) is 14.0. The second-order valence-electron chi connectivity index (χ2n) is 5.48. The zero-order chi connectivity index (χ0) is 17.6. The van der Waals surface area contributed by atoms with Crippen LogP contribution in [0.25, 0.3) is 0 Å². The van der Waals surface area contributed by atoms with Crippen LogP contribution in [-0.4, -0.2) is 17.4 Å². The first kappa shape index (κ1) is 16.9. The molecule has 0 spiro atoms. The molecule has 0 aliphatic rings. The number of nitrogens with one attached hydrogen (secondary N) is 1. The molecule has 1 aromatic carbocycles. The van der Waals surface area contributed by atoms with E-state index in [1.54, 1.807) is 41.7 Å². The maximum absolute atomic E-state index is 13.7. The Labute approximate surface area is 142 Å². The SMILES string of the molecule is O=C(CN(Cc1ccco1)Cc1ccco1)Nc1cc(F)ccc1F. The molecule has 0 radical (unpaired) electrons. The fraction of sp³-hybridized carbons (Fsp3) is 0.167. The third-order valence-electron chi connectivity index (χ3n) is 3.49. The van der Waals surface area contributed by atoms with E-state index in [0.29, 0.717) is 24.6 Å². The predicted octanol–water partition coefficient (Wildman–Crippen LogP) is 3.79. The number of halogens is 2. The van der Waals surface area contributed by atoms with Crippen LogP contribution in [0.1, 0.15) is 11.5 Å². The molecule has 2 heterocycles. The van der Waals surface area contributed by atoms with E-state index in [0.717, 1.165) is 18.2 Å². The Hall–Kier alpha value is -2.93. The first-order valence-corrected chi connectivity index (χ1v) is 7.62. The number of anilines is 1. The lowest BCUT2D eigenvalue weighted by atomic mass is 10.3. The highest BCUT2D eigenvalue weighted by Crippen LogP contribution is 2.16. The van der Waals surface area contributed by atoms with Gasteiger partial charge in [-0.3, -0.25) is 9.69 Å². The lowest BCUT2D eigenvalue weighted by Gasteiger charge is -2.19. The summed E-state index contributed by atoms with van der Waals surface area (Å²) in [6.45, 7) is 0.691. The largest absolute Gasteiger partial charge is 0.468 e. The van der Waals surface area contributed by atoms with Crippen molar-refractivity contribution in [1.29, 1.82) is 0 Å². The Balaban J connectivity index is 1.67. The van der Waals surface area contributed by atoms with Crippen LogP contribution in [0.3, 0.4) is 0 Å². The van der Waals surface area contributed by atoms with E-state index in [-0.39, 0.29) is 12.2 Å². The van der Waals surface area contributed by atoms with Gasteiger partial charge in [0.05, 0.1) is 37.8 Å². The average molecular weight is 346 g/mol. The molecule has 0 unspecified atom stereocenters. The molecule has 3 rings (SSSR count). The van der Waals surface area contributed by atoms with E-state index < -0.39 is 17.5 Å². The number of rotatable bonds is 7. The van der Waals surface area contributed by atoms with Gasteiger partial charge >= 0.3 is 0 Å². The van der Waals surface area contributed by atoms with Crippen LogP contribution in [-0.2, 0) is 17.9 Å². The Bertz CT molecular complexity index is 781. The number of furan rings is 2. The molecule has 25 heavy (non-hydrogen) atoms. The van der Waals surface area contributed by atoms with E-state index in [4.69, 9.17) is 8.83 Å². The zero-order valence-corrected chi connectivity index (χ0v) is 13.2. The van der Waals surface area contributed by atoms with Crippen LogP contribution in [0.5, 0.6) is 0 Å². The van der Waals surface area contributed by atoms with Gasteiger partial charge in [0, 0.05) is 6.07 Å². The van der Waals surface area contributed by atoms with Crippen LogP contribution < -0.4 is 5.32 Å². The zero-order valence-electron chi connectivity index (χ0n) is 13.2. The topological polar surface area (TPSA) is 58.6 Å². The highest BCUT2D eigenvalue weighted by molar-refractivity contribution is 5.92. The van der Waals surface area contributed by atoms with Crippen molar-refractivity contribution in [3.63, 3.8) is 0 Å². The van der Waals surface area contributed by atoms with Crippen LogP contribution in [0.2, 0.25) is 0 Å². The lowest BCUT2D eigenvalue weighted by Crippen LogP contribution is -2.32. The molecule has 1 amide bonds. The Morgan fingerprint density at radius 3 is 2.20 bits per heavy atom. The van der Waals surface area contributed by atoms with Crippen molar-refractivity contribution >= 4 is 11.6 Å². The van der Waals surface area contributed by atoms with Crippen molar-refractivity contribution in [3.8, 4) is 0 Å². The molecule has 2 aromatic heterocycles. The van der Waals surface area contributed by atoms with Crippen molar-refractivity contribution in [2.24, 2.45) is 0 Å². The van der Waals surface area contributed by atoms with Gasteiger partial charge in [0.25, 0.3) is 0 Å². The van der Waals surface area contributed by atoms with E-state index in [1.165, 1.54) is 0 Å². The van der Waals surface area contributed by atoms with Crippen molar-refractivity contribution in [3.05, 3.63) is 78.1 Å². The number of carbonyl (C=O) groups is 1. The molecule has 1 N–H and O–H groups in total. The van der Waals surface area contributed by atoms with Gasteiger partial charge in [-0.05, 0) is 36.4 Å². The minimum Gasteiger partial charge on any atom is -0.468 e. The monoisotopic (exact) mass is 346 g/mol. The Morgan fingerprint density at radius 1 is 1.00 bits per heavy atom. The van der Waals surface area contributed by atoms with Gasteiger partial charge in [-0.2, -0.15) is 0 Å². The second kappa shape index (κ2) is 7.76. The van der Waals surface area contributed by atoms with E-state index in [2.05, 4.69) is 5.32 Å². The van der Waals surface area contributed by atoms with Gasteiger partial charge in [-0.25, -0.2) is 8.78 Å². The molecule has 130 valence electrons. The molecule has 0 fully saturated rings. The predicted molar refractivity (Wildman–Crippen MR) is 86.5 cm³/mol. The quantitative estimate of drug-likeness (QED) is 0.707. The molecular formula is C18H16F2N2O3. The van der Waals surface area contributed by atoms with Gasteiger partial charge in [0.2, 0.25) is 5.91 Å². The molecule has 3 aromatic rings. The number of hydrogen-bond donors (Lipinski definition) is 1. The smallest absolute Gasteiger partial charge is 0.238 e. The molecule has 0 aliphatic carbocycles. The number of amides is 1. The number of carbonyl (C=O) groups excluding carboxylic acids is 1. The molecule has 0 saturated carbocycles. The van der Waals surface area contributed by atoms with E-state index >= 15 is 0 Å². The van der Waals surface area contributed by atoms with Crippen LogP contribution in [0.15, 0.2) is 63.8 Å². The molecular weight excluding hydrogens is 330 g/mol. The molecule has 0 bridgehead atoms. The minimum absolute atomic E-state index is 0.0443. The number of hydrogen-bond acceptors (Lipinski definition) is 4. The summed E-state index contributed by atoms with van der Waals surface area (Å²) in [6, 6.07) is 9.99. The van der Waals surface area contributed by atoms with Crippen molar-refractivity contribution < 1.29 is 22.4 Å². The van der Waals surface area contributed by atoms with Gasteiger partial charge < -0.3 is 14.2 Å². The van der Waals surface area contributed by atoms with E-state index in [9.17, 15) is 13.6 Å². The average Bonchev–Trinajstić information content (AvgIpc) is 3.25. The summed E-state index contributed by atoms with van der Waals surface area (Å²) in [5.41, 5.74) is -0.194. The van der Waals surface area contributed by atoms with Gasteiger partial charge in [-0.1, -0.05) is 0 Å². The summed E-state index contributed by atoms with van der Waals surface area (Å²) in [5, 5.41) is 2.38. The Kier molecular flexibility index (Phi) is 5.25. The minimum atomic E-state index is -0.696.